The number of nitrogens with zero attached hydrogens (tertiary/aromatic N) is 2. The Hall–Kier alpha value is -1.49. The molecular formula is C10H14FN3O. The van der Waals surface area contributed by atoms with Gasteiger partial charge in [0, 0.05) is 13.1 Å². The van der Waals surface area contributed by atoms with Gasteiger partial charge in [0.15, 0.2) is 0 Å². The van der Waals surface area contributed by atoms with Crippen molar-refractivity contribution in [3.63, 3.8) is 0 Å². The summed E-state index contributed by atoms with van der Waals surface area (Å²) < 4.78 is 12.5. The van der Waals surface area contributed by atoms with E-state index in [1.54, 1.807) is 0 Å². The van der Waals surface area contributed by atoms with Gasteiger partial charge in [-0.15, -0.1) is 0 Å². The Morgan fingerprint density at radius 3 is 2.80 bits per heavy atom. The molecule has 0 unspecified atom stereocenters. The highest BCUT2D eigenvalue weighted by Crippen LogP contribution is 1.97. The van der Waals surface area contributed by atoms with E-state index in [-0.39, 0.29) is 11.6 Å². The van der Waals surface area contributed by atoms with E-state index in [2.05, 4.69) is 10.3 Å². The molecule has 0 aliphatic rings. The van der Waals surface area contributed by atoms with E-state index in [1.165, 1.54) is 12.1 Å². The van der Waals surface area contributed by atoms with E-state index in [4.69, 9.17) is 0 Å². The summed E-state index contributed by atoms with van der Waals surface area (Å²) in [6.07, 6.45) is 1.03. The van der Waals surface area contributed by atoms with Crippen molar-refractivity contribution in [2.24, 2.45) is 0 Å². The Bertz CT molecular complexity index is 324. The molecule has 0 bridgehead atoms. The normalized spacial score (nSPS) is 10.4. The van der Waals surface area contributed by atoms with Gasteiger partial charge in [0.2, 0.25) is 0 Å². The van der Waals surface area contributed by atoms with Gasteiger partial charge in [-0.25, -0.2) is 9.37 Å². The van der Waals surface area contributed by atoms with Gasteiger partial charge in [-0.3, -0.25) is 4.79 Å². The molecule has 1 aromatic heterocycles. The number of pyridine rings is 1. The van der Waals surface area contributed by atoms with Crippen LogP contribution in [-0.2, 0) is 0 Å². The minimum atomic E-state index is -0.445. The van der Waals surface area contributed by atoms with Gasteiger partial charge in [0.25, 0.3) is 5.91 Å². The summed E-state index contributed by atoms with van der Waals surface area (Å²) >= 11 is 0. The van der Waals surface area contributed by atoms with Crippen molar-refractivity contribution in [1.82, 2.24) is 15.2 Å². The number of rotatable bonds is 4. The van der Waals surface area contributed by atoms with E-state index in [0.29, 0.717) is 6.54 Å². The molecular weight excluding hydrogens is 197 g/mol. The molecule has 0 atom stereocenters. The molecule has 1 heterocycles. The van der Waals surface area contributed by atoms with Crippen LogP contribution in [0.4, 0.5) is 4.39 Å². The van der Waals surface area contributed by atoms with Crippen molar-refractivity contribution in [2.45, 2.75) is 0 Å². The highest BCUT2D eigenvalue weighted by Gasteiger charge is 2.05. The van der Waals surface area contributed by atoms with E-state index in [0.717, 1.165) is 12.7 Å². The maximum atomic E-state index is 12.5. The van der Waals surface area contributed by atoms with Crippen molar-refractivity contribution >= 4 is 5.91 Å². The predicted molar refractivity (Wildman–Crippen MR) is 55.1 cm³/mol. The first kappa shape index (κ1) is 11.6. The molecule has 0 aliphatic carbocycles. The third-order valence-corrected chi connectivity index (χ3v) is 1.80. The summed E-state index contributed by atoms with van der Waals surface area (Å²) in [5.74, 6) is -0.725. The van der Waals surface area contributed by atoms with Gasteiger partial charge in [-0.1, -0.05) is 0 Å². The summed E-state index contributed by atoms with van der Waals surface area (Å²) in [4.78, 5) is 17.1. The zero-order valence-corrected chi connectivity index (χ0v) is 8.83. The quantitative estimate of drug-likeness (QED) is 0.789. The SMILES string of the molecule is CN(C)CCNC(=O)c1ccc(F)cn1. The van der Waals surface area contributed by atoms with Gasteiger partial charge < -0.3 is 10.2 Å². The van der Waals surface area contributed by atoms with Crippen LogP contribution in [0.25, 0.3) is 0 Å². The van der Waals surface area contributed by atoms with Crippen LogP contribution < -0.4 is 5.32 Å². The van der Waals surface area contributed by atoms with Crippen LogP contribution in [0.2, 0.25) is 0 Å². The molecule has 5 heteroatoms. The summed E-state index contributed by atoms with van der Waals surface area (Å²) in [6.45, 7) is 1.30. The van der Waals surface area contributed by atoms with Crippen molar-refractivity contribution in [1.29, 1.82) is 0 Å². The molecule has 0 spiro atoms. The second-order valence-corrected chi connectivity index (χ2v) is 3.42. The minimum Gasteiger partial charge on any atom is -0.349 e. The molecule has 1 amide bonds. The molecule has 0 radical (unpaired) electrons. The molecule has 0 fully saturated rings. The molecule has 4 nitrogen and oxygen atoms in total. The van der Waals surface area contributed by atoms with Gasteiger partial charge in [0.05, 0.1) is 6.20 Å². The van der Waals surface area contributed by atoms with Crippen molar-refractivity contribution < 1.29 is 9.18 Å². The Morgan fingerprint density at radius 1 is 1.53 bits per heavy atom. The first-order valence-corrected chi connectivity index (χ1v) is 4.64. The number of likely N-dealkylation sites (N-methyl/N-ethyl adjacent to an activating group) is 1. The van der Waals surface area contributed by atoms with Gasteiger partial charge >= 0.3 is 0 Å². The fraction of sp³-hybridized carbons (Fsp3) is 0.400. The van der Waals surface area contributed by atoms with Crippen molar-refractivity contribution in [3.8, 4) is 0 Å². The Morgan fingerprint density at radius 2 is 2.27 bits per heavy atom. The third-order valence-electron chi connectivity index (χ3n) is 1.80. The molecule has 0 saturated carbocycles. The number of hydrogen-bond donors (Lipinski definition) is 1. The molecule has 15 heavy (non-hydrogen) atoms. The minimum absolute atomic E-state index is 0.232. The van der Waals surface area contributed by atoms with Crippen LogP contribution in [0.1, 0.15) is 10.5 Å². The highest BCUT2D eigenvalue weighted by molar-refractivity contribution is 5.92. The molecule has 0 aromatic carbocycles. The predicted octanol–water partition coefficient (Wildman–Crippen LogP) is 0.512. The lowest BCUT2D eigenvalue weighted by molar-refractivity contribution is 0.0946. The van der Waals surface area contributed by atoms with Crippen LogP contribution in [0.15, 0.2) is 18.3 Å². The maximum Gasteiger partial charge on any atom is 0.269 e. The first-order valence-electron chi connectivity index (χ1n) is 4.64. The van der Waals surface area contributed by atoms with Gasteiger partial charge in [-0.2, -0.15) is 0 Å². The van der Waals surface area contributed by atoms with Crippen LogP contribution in [0, 0.1) is 5.82 Å². The summed E-state index contributed by atoms with van der Waals surface area (Å²) in [5, 5.41) is 2.68. The summed E-state index contributed by atoms with van der Waals surface area (Å²) in [7, 11) is 3.84. The fourth-order valence-corrected chi connectivity index (χ4v) is 0.994. The molecule has 1 rings (SSSR count). The highest BCUT2D eigenvalue weighted by atomic mass is 19.1. The van der Waals surface area contributed by atoms with Crippen molar-refractivity contribution in [3.05, 3.63) is 29.8 Å². The second-order valence-electron chi connectivity index (χ2n) is 3.42. The Kier molecular flexibility index (Phi) is 4.17. The molecule has 1 N–H and O–H groups in total. The summed E-state index contributed by atoms with van der Waals surface area (Å²) in [6, 6.07) is 2.58. The summed E-state index contributed by atoms with van der Waals surface area (Å²) in [5.41, 5.74) is 0.232. The Balaban J connectivity index is 2.43. The van der Waals surface area contributed by atoms with Gasteiger partial charge in [-0.05, 0) is 26.2 Å². The zero-order valence-electron chi connectivity index (χ0n) is 8.83. The van der Waals surface area contributed by atoms with Crippen LogP contribution in [0.5, 0.6) is 0 Å². The molecule has 1 aromatic rings. The lowest BCUT2D eigenvalue weighted by Gasteiger charge is -2.09. The molecule has 0 saturated heterocycles. The number of carbonyl (C=O) groups excluding carboxylic acids is 1. The average Bonchev–Trinajstić information content (AvgIpc) is 2.18. The van der Waals surface area contributed by atoms with E-state index in [9.17, 15) is 9.18 Å². The topological polar surface area (TPSA) is 45.2 Å². The standard InChI is InChI=1S/C10H14FN3O/c1-14(2)6-5-12-10(15)9-4-3-8(11)7-13-9/h3-4,7H,5-6H2,1-2H3,(H,12,15). The van der Waals surface area contributed by atoms with E-state index < -0.39 is 5.82 Å². The number of carbonyl (C=O) groups is 1. The van der Waals surface area contributed by atoms with Gasteiger partial charge in [0.1, 0.15) is 11.5 Å². The number of nitrogens with one attached hydrogen (secondary N) is 1. The largest absolute Gasteiger partial charge is 0.349 e. The van der Waals surface area contributed by atoms with Crippen LogP contribution in [-0.4, -0.2) is 43.0 Å². The lowest BCUT2D eigenvalue weighted by atomic mass is 10.3. The first-order chi connectivity index (χ1) is 7.09. The van der Waals surface area contributed by atoms with Crippen molar-refractivity contribution in [2.75, 3.05) is 27.2 Å². The third kappa shape index (κ3) is 4.03. The lowest BCUT2D eigenvalue weighted by Crippen LogP contribution is -2.31. The molecule has 0 aliphatic heterocycles. The van der Waals surface area contributed by atoms with E-state index >= 15 is 0 Å². The zero-order chi connectivity index (χ0) is 11.3. The molecule has 82 valence electrons. The number of amides is 1. The number of aromatic nitrogens is 1. The second kappa shape index (κ2) is 5.41. The smallest absolute Gasteiger partial charge is 0.269 e. The Labute approximate surface area is 88.1 Å². The average molecular weight is 211 g/mol. The van der Waals surface area contributed by atoms with E-state index in [1.807, 2.05) is 19.0 Å². The maximum absolute atomic E-state index is 12.5. The fourth-order valence-electron chi connectivity index (χ4n) is 0.994. The number of halogens is 1. The number of hydrogen-bond acceptors (Lipinski definition) is 3. The van der Waals surface area contributed by atoms with Crippen LogP contribution >= 0.6 is 0 Å². The monoisotopic (exact) mass is 211 g/mol. The van der Waals surface area contributed by atoms with Crippen LogP contribution in [0.3, 0.4) is 0 Å².